The second-order valence-corrected chi connectivity index (χ2v) is 7.90. The molecule has 0 amide bonds. The summed E-state index contributed by atoms with van der Waals surface area (Å²) in [5, 5.41) is 0. The number of nitrogens with zero attached hydrogens (tertiary/aromatic N) is 1. The first-order valence-corrected chi connectivity index (χ1v) is 8.62. The number of aryl methyl sites for hydroxylation is 1. The van der Waals surface area contributed by atoms with Gasteiger partial charge in [-0.1, -0.05) is 6.07 Å². The highest BCUT2D eigenvalue weighted by molar-refractivity contribution is 7.92. The van der Waals surface area contributed by atoms with Crippen molar-refractivity contribution in [2.24, 2.45) is 5.84 Å². The van der Waals surface area contributed by atoms with Gasteiger partial charge in [0.25, 0.3) is 10.0 Å². The summed E-state index contributed by atoms with van der Waals surface area (Å²) in [4.78, 5) is 1.68. The minimum atomic E-state index is -3.84. The quantitative estimate of drug-likeness (QED) is 0.594. The van der Waals surface area contributed by atoms with Crippen molar-refractivity contribution >= 4 is 25.7 Å². The van der Waals surface area contributed by atoms with Crippen LogP contribution in [0.1, 0.15) is 11.1 Å². The first kappa shape index (κ1) is 15.9. The van der Waals surface area contributed by atoms with E-state index in [1.165, 1.54) is 26.1 Å². The molecule has 7 nitrogen and oxygen atoms in total. The van der Waals surface area contributed by atoms with Crippen LogP contribution in [0.4, 0.5) is 5.69 Å². The second kappa shape index (κ2) is 5.08. The number of hydrazine groups is 1. The summed E-state index contributed by atoms with van der Waals surface area (Å²) >= 11 is 0. The van der Waals surface area contributed by atoms with E-state index in [-0.39, 0.29) is 4.90 Å². The Balaban J connectivity index is 3.65. The van der Waals surface area contributed by atoms with E-state index >= 15 is 0 Å². The molecule has 0 aliphatic heterocycles. The Morgan fingerprint density at radius 2 is 1.68 bits per heavy atom. The van der Waals surface area contributed by atoms with E-state index in [0.717, 1.165) is 10.6 Å². The zero-order valence-corrected chi connectivity index (χ0v) is 12.8. The predicted molar refractivity (Wildman–Crippen MR) is 73.7 cm³/mol. The fourth-order valence-corrected chi connectivity index (χ4v) is 3.31. The lowest BCUT2D eigenvalue weighted by molar-refractivity contribution is 0.583. The highest BCUT2D eigenvalue weighted by atomic mass is 32.2. The van der Waals surface area contributed by atoms with E-state index in [1.54, 1.807) is 11.8 Å². The summed E-state index contributed by atoms with van der Waals surface area (Å²) in [6.07, 6.45) is 1.05. The zero-order valence-electron chi connectivity index (χ0n) is 11.1. The van der Waals surface area contributed by atoms with Crippen molar-refractivity contribution in [2.75, 3.05) is 17.6 Å². The molecule has 1 aromatic carbocycles. The van der Waals surface area contributed by atoms with Crippen molar-refractivity contribution in [1.29, 1.82) is 0 Å². The van der Waals surface area contributed by atoms with Gasteiger partial charge in [-0.05, 0) is 31.0 Å². The molecule has 108 valence electrons. The minimum Gasteiger partial charge on any atom is -0.273 e. The van der Waals surface area contributed by atoms with Crippen molar-refractivity contribution in [3.63, 3.8) is 0 Å². The first-order chi connectivity index (χ1) is 8.52. The van der Waals surface area contributed by atoms with Crippen LogP contribution in [0.15, 0.2) is 17.0 Å². The number of nitrogens with two attached hydrogens (primary N) is 1. The predicted octanol–water partition coefficient (Wildman–Crippen LogP) is -0.149. The van der Waals surface area contributed by atoms with E-state index < -0.39 is 20.0 Å². The molecule has 0 aliphatic carbocycles. The van der Waals surface area contributed by atoms with Crippen molar-refractivity contribution in [3.8, 4) is 0 Å². The lowest BCUT2D eigenvalue weighted by Gasteiger charge is -2.22. The number of sulfonamides is 2. The Kier molecular flexibility index (Phi) is 4.25. The molecule has 0 radical (unpaired) electrons. The molecule has 0 saturated heterocycles. The molecule has 9 heteroatoms. The van der Waals surface area contributed by atoms with Crippen LogP contribution in [-0.2, 0) is 20.0 Å². The van der Waals surface area contributed by atoms with E-state index in [1.807, 2.05) is 0 Å². The van der Waals surface area contributed by atoms with E-state index in [4.69, 9.17) is 5.84 Å². The van der Waals surface area contributed by atoms with Gasteiger partial charge in [-0.2, -0.15) is 4.83 Å². The summed E-state index contributed by atoms with van der Waals surface area (Å²) in [5.74, 6) is 4.99. The average Bonchev–Trinajstić information content (AvgIpc) is 2.27. The van der Waals surface area contributed by atoms with Crippen molar-refractivity contribution in [2.45, 2.75) is 18.7 Å². The maximum atomic E-state index is 11.8. The molecule has 0 atom stereocenters. The van der Waals surface area contributed by atoms with Gasteiger partial charge < -0.3 is 0 Å². The highest BCUT2D eigenvalue weighted by Gasteiger charge is 2.23. The number of hydrogen-bond donors (Lipinski definition) is 2. The first-order valence-electron chi connectivity index (χ1n) is 5.29. The Morgan fingerprint density at radius 3 is 2.11 bits per heavy atom. The van der Waals surface area contributed by atoms with E-state index in [0.29, 0.717) is 16.8 Å². The second-order valence-electron chi connectivity index (χ2n) is 4.21. The Hall–Kier alpha value is -1.16. The molecule has 0 saturated carbocycles. The average molecular weight is 307 g/mol. The lowest BCUT2D eigenvalue weighted by Crippen LogP contribution is -2.32. The highest BCUT2D eigenvalue weighted by Crippen LogP contribution is 2.30. The van der Waals surface area contributed by atoms with Gasteiger partial charge in [-0.25, -0.2) is 16.8 Å². The number of rotatable bonds is 4. The SMILES string of the molecule is Cc1ccc(S(=O)(=O)NN)c(C)c1N(C)S(C)(=O)=O. The Morgan fingerprint density at radius 1 is 1.16 bits per heavy atom. The molecule has 0 spiro atoms. The molecule has 0 aromatic heterocycles. The molecule has 1 aromatic rings. The normalized spacial score (nSPS) is 12.5. The van der Waals surface area contributed by atoms with Crippen molar-refractivity contribution < 1.29 is 16.8 Å². The van der Waals surface area contributed by atoms with Crippen LogP contribution in [0.5, 0.6) is 0 Å². The van der Waals surface area contributed by atoms with Gasteiger partial charge in [0.1, 0.15) is 0 Å². The summed E-state index contributed by atoms with van der Waals surface area (Å²) in [6.45, 7) is 3.24. The Bertz CT molecular complexity index is 696. The van der Waals surface area contributed by atoms with Crippen LogP contribution >= 0.6 is 0 Å². The van der Waals surface area contributed by atoms with Gasteiger partial charge in [0.15, 0.2) is 0 Å². The monoisotopic (exact) mass is 307 g/mol. The number of nitrogens with one attached hydrogen (secondary N) is 1. The van der Waals surface area contributed by atoms with Crippen LogP contribution in [0.2, 0.25) is 0 Å². The van der Waals surface area contributed by atoms with Crippen molar-refractivity contribution in [1.82, 2.24) is 4.83 Å². The molecule has 3 N–H and O–H groups in total. The smallest absolute Gasteiger partial charge is 0.253 e. The van der Waals surface area contributed by atoms with Crippen LogP contribution < -0.4 is 15.0 Å². The van der Waals surface area contributed by atoms with E-state index in [2.05, 4.69) is 0 Å². The molecular formula is C10H17N3O4S2. The minimum absolute atomic E-state index is 0.0499. The van der Waals surface area contributed by atoms with Gasteiger partial charge >= 0.3 is 0 Å². The molecule has 0 unspecified atom stereocenters. The van der Waals surface area contributed by atoms with Crippen molar-refractivity contribution in [3.05, 3.63) is 23.3 Å². The summed E-state index contributed by atoms with van der Waals surface area (Å²) in [7, 11) is -5.95. The maximum Gasteiger partial charge on any atom is 0.253 e. The van der Waals surface area contributed by atoms with Gasteiger partial charge in [-0.3, -0.25) is 10.1 Å². The summed E-state index contributed by atoms with van der Waals surface area (Å²) < 4.78 is 47.8. The topological polar surface area (TPSA) is 110 Å². The molecule has 0 bridgehead atoms. The van der Waals surface area contributed by atoms with Crippen LogP contribution in [0.25, 0.3) is 0 Å². The number of anilines is 1. The zero-order chi connectivity index (χ0) is 15.0. The number of hydrogen-bond acceptors (Lipinski definition) is 5. The molecule has 0 aliphatic rings. The van der Waals surface area contributed by atoms with E-state index in [9.17, 15) is 16.8 Å². The Labute approximate surface area is 113 Å². The number of benzene rings is 1. The lowest BCUT2D eigenvalue weighted by atomic mass is 10.1. The van der Waals surface area contributed by atoms with Gasteiger partial charge in [0, 0.05) is 7.05 Å². The van der Waals surface area contributed by atoms with Gasteiger partial charge in [0.05, 0.1) is 16.8 Å². The van der Waals surface area contributed by atoms with Crippen LogP contribution in [-0.4, -0.2) is 30.1 Å². The molecule has 19 heavy (non-hydrogen) atoms. The summed E-state index contributed by atoms with van der Waals surface area (Å²) in [5.41, 5.74) is 1.31. The van der Waals surface area contributed by atoms with Gasteiger partial charge in [0.2, 0.25) is 10.0 Å². The fraction of sp³-hybridized carbons (Fsp3) is 0.400. The fourth-order valence-electron chi connectivity index (χ4n) is 1.82. The molecule has 1 rings (SSSR count). The van der Waals surface area contributed by atoms with Crippen LogP contribution in [0.3, 0.4) is 0 Å². The molecular weight excluding hydrogens is 290 g/mol. The third-order valence-electron chi connectivity index (χ3n) is 2.84. The third kappa shape index (κ3) is 3.06. The van der Waals surface area contributed by atoms with Crippen LogP contribution in [0, 0.1) is 13.8 Å². The van der Waals surface area contributed by atoms with Gasteiger partial charge in [-0.15, -0.1) is 0 Å². The molecule has 0 heterocycles. The standard InChI is InChI=1S/C10H17N3O4S2/c1-7-5-6-9(19(16,17)12-11)8(2)10(7)13(3)18(4,14)15/h5-6,12H,11H2,1-4H3. The maximum absolute atomic E-state index is 11.8. The largest absolute Gasteiger partial charge is 0.273 e. The summed E-state index contributed by atoms with van der Waals surface area (Å²) in [6, 6.07) is 2.92. The third-order valence-corrected chi connectivity index (χ3v) is 5.35. The molecule has 0 fully saturated rings.